The second kappa shape index (κ2) is 8.64. The number of unbranched alkanes of at least 4 members (excludes halogenated alkanes) is 2. The average Bonchev–Trinajstić information content (AvgIpc) is 2.45. The van der Waals surface area contributed by atoms with E-state index in [0.29, 0.717) is 5.69 Å². The number of phenols is 1. The van der Waals surface area contributed by atoms with Crippen LogP contribution in [-0.4, -0.2) is 17.6 Å². The summed E-state index contributed by atoms with van der Waals surface area (Å²) in [5.41, 5.74) is 1.33. The molecule has 0 fully saturated rings. The van der Waals surface area contributed by atoms with Crippen LogP contribution in [0.4, 0.5) is 5.69 Å². The highest BCUT2D eigenvalue weighted by atomic mass is 16.3. The van der Waals surface area contributed by atoms with Crippen LogP contribution in [0.1, 0.15) is 31.7 Å². The van der Waals surface area contributed by atoms with Gasteiger partial charge in [0.25, 0.3) is 5.91 Å². The summed E-state index contributed by atoms with van der Waals surface area (Å²) >= 11 is 0. The van der Waals surface area contributed by atoms with Crippen molar-refractivity contribution in [3.05, 3.63) is 35.5 Å². The third-order valence-corrected chi connectivity index (χ3v) is 2.99. The summed E-state index contributed by atoms with van der Waals surface area (Å²) in [5.74, 6) is -0.326. The van der Waals surface area contributed by atoms with E-state index in [1.165, 1.54) is 12.3 Å². The number of nitriles is 1. The molecular formula is C16H21N3O2. The Bertz CT molecular complexity index is 559. The number of aromatic hydroxyl groups is 1. The summed E-state index contributed by atoms with van der Waals surface area (Å²) in [4.78, 5) is 12.0. The number of hydrogen-bond acceptors (Lipinski definition) is 4. The zero-order valence-electron chi connectivity index (χ0n) is 12.4. The first-order valence-corrected chi connectivity index (χ1v) is 7.03. The minimum Gasteiger partial charge on any atom is -0.508 e. The molecular weight excluding hydrogens is 266 g/mol. The van der Waals surface area contributed by atoms with E-state index in [9.17, 15) is 9.90 Å². The number of aryl methyl sites for hydroxylation is 1. The fraction of sp³-hybridized carbons (Fsp3) is 0.375. The second-order valence-electron chi connectivity index (χ2n) is 4.78. The van der Waals surface area contributed by atoms with Crippen LogP contribution in [0.15, 0.2) is 30.0 Å². The molecule has 1 amide bonds. The first kappa shape index (κ1) is 16.6. The van der Waals surface area contributed by atoms with E-state index >= 15 is 0 Å². The van der Waals surface area contributed by atoms with Gasteiger partial charge in [0.1, 0.15) is 17.4 Å². The van der Waals surface area contributed by atoms with Crippen LogP contribution in [0.2, 0.25) is 0 Å². The lowest BCUT2D eigenvalue weighted by Gasteiger charge is -2.08. The van der Waals surface area contributed by atoms with Crippen LogP contribution < -0.4 is 10.6 Å². The van der Waals surface area contributed by atoms with Gasteiger partial charge in [-0.1, -0.05) is 19.8 Å². The SMILES string of the molecule is CCCCCN/C=C(/C#N)C(=O)Nc1ccc(O)cc1C. The van der Waals surface area contributed by atoms with Gasteiger partial charge in [0.2, 0.25) is 0 Å². The highest BCUT2D eigenvalue weighted by Crippen LogP contribution is 2.20. The fourth-order valence-electron chi connectivity index (χ4n) is 1.78. The molecule has 21 heavy (non-hydrogen) atoms. The number of nitrogens with one attached hydrogen (secondary N) is 2. The zero-order valence-corrected chi connectivity index (χ0v) is 12.4. The molecule has 0 atom stereocenters. The molecule has 0 aliphatic rings. The van der Waals surface area contributed by atoms with Gasteiger partial charge in [-0.25, -0.2) is 0 Å². The number of rotatable bonds is 7. The van der Waals surface area contributed by atoms with Crippen molar-refractivity contribution in [3.63, 3.8) is 0 Å². The molecule has 0 saturated carbocycles. The lowest BCUT2D eigenvalue weighted by Crippen LogP contribution is -2.17. The van der Waals surface area contributed by atoms with Gasteiger partial charge in [-0.05, 0) is 37.1 Å². The quantitative estimate of drug-likeness (QED) is 0.311. The highest BCUT2D eigenvalue weighted by molar-refractivity contribution is 6.06. The van der Waals surface area contributed by atoms with Crippen molar-refractivity contribution in [2.45, 2.75) is 33.1 Å². The molecule has 0 saturated heterocycles. The number of benzene rings is 1. The summed E-state index contributed by atoms with van der Waals surface area (Å²) in [6, 6.07) is 6.52. The molecule has 0 spiro atoms. The van der Waals surface area contributed by atoms with Crippen LogP contribution in [0.3, 0.4) is 0 Å². The number of hydrogen-bond donors (Lipinski definition) is 3. The van der Waals surface area contributed by atoms with Crippen molar-refractivity contribution < 1.29 is 9.90 Å². The van der Waals surface area contributed by atoms with Gasteiger partial charge in [-0.2, -0.15) is 5.26 Å². The Balaban J connectivity index is 2.63. The molecule has 1 aromatic rings. The van der Waals surface area contributed by atoms with Crippen LogP contribution in [0.25, 0.3) is 0 Å². The Morgan fingerprint density at radius 1 is 1.43 bits per heavy atom. The first-order chi connectivity index (χ1) is 10.1. The Kier molecular flexibility index (Phi) is 6.82. The second-order valence-corrected chi connectivity index (χ2v) is 4.78. The maximum absolute atomic E-state index is 12.0. The molecule has 0 aliphatic carbocycles. The molecule has 0 unspecified atom stereocenters. The number of anilines is 1. The van der Waals surface area contributed by atoms with Crippen LogP contribution in [0.5, 0.6) is 5.75 Å². The van der Waals surface area contributed by atoms with Gasteiger partial charge < -0.3 is 15.7 Å². The zero-order chi connectivity index (χ0) is 15.7. The van der Waals surface area contributed by atoms with Crippen molar-refractivity contribution in [2.75, 3.05) is 11.9 Å². The van der Waals surface area contributed by atoms with Gasteiger partial charge in [0.05, 0.1) is 0 Å². The minimum absolute atomic E-state index is 0.0268. The standard InChI is InChI=1S/C16H21N3O2/c1-3-4-5-8-18-11-13(10-17)16(21)19-15-7-6-14(20)9-12(15)2/h6-7,9,11,18,20H,3-5,8H2,1-2H3,(H,19,21)/b13-11-. The predicted octanol–water partition coefficient (Wildman–Crippen LogP) is 2.83. The number of nitrogens with zero attached hydrogens (tertiary/aromatic N) is 1. The van der Waals surface area contributed by atoms with Crippen molar-refractivity contribution in [1.82, 2.24) is 5.32 Å². The Morgan fingerprint density at radius 3 is 2.81 bits per heavy atom. The van der Waals surface area contributed by atoms with Crippen molar-refractivity contribution in [3.8, 4) is 11.8 Å². The smallest absolute Gasteiger partial charge is 0.267 e. The van der Waals surface area contributed by atoms with Gasteiger partial charge >= 0.3 is 0 Å². The highest BCUT2D eigenvalue weighted by Gasteiger charge is 2.10. The van der Waals surface area contributed by atoms with Gasteiger partial charge in [-0.3, -0.25) is 4.79 Å². The molecule has 5 nitrogen and oxygen atoms in total. The van der Waals surface area contributed by atoms with E-state index in [1.807, 2.05) is 6.07 Å². The number of carbonyl (C=O) groups excluding carboxylic acids is 1. The van der Waals surface area contributed by atoms with Crippen molar-refractivity contribution in [1.29, 1.82) is 5.26 Å². The molecule has 0 aliphatic heterocycles. The van der Waals surface area contributed by atoms with Gasteiger partial charge in [0, 0.05) is 18.4 Å². The maximum Gasteiger partial charge on any atom is 0.267 e. The summed E-state index contributed by atoms with van der Waals surface area (Å²) in [7, 11) is 0. The van der Waals surface area contributed by atoms with E-state index in [0.717, 1.165) is 31.4 Å². The third-order valence-electron chi connectivity index (χ3n) is 2.99. The molecule has 0 radical (unpaired) electrons. The Morgan fingerprint density at radius 2 is 2.19 bits per heavy atom. The summed E-state index contributed by atoms with van der Waals surface area (Å²) in [6.45, 7) is 4.63. The number of amides is 1. The number of phenolic OH excluding ortho intramolecular Hbond substituents is 1. The molecule has 1 aromatic carbocycles. The van der Waals surface area contributed by atoms with E-state index in [2.05, 4.69) is 17.6 Å². The Labute approximate surface area is 125 Å². The average molecular weight is 287 g/mol. The topological polar surface area (TPSA) is 85.2 Å². The van der Waals surface area contributed by atoms with Crippen molar-refractivity contribution in [2.24, 2.45) is 0 Å². The van der Waals surface area contributed by atoms with E-state index in [1.54, 1.807) is 19.1 Å². The number of carbonyl (C=O) groups is 1. The monoisotopic (exact) mass is 287 g/mol. The van der Waals surface area contributed by atoms with Crippen LogP contribution >= 0.6 is 0 Å². The normalized spacial score (nSPS) is 10.8. The molecule has 0 heterocycles. The van der Waals surface area contributed by atoms with Gasteiger partial charge in [-0.15, -0.1) is 0 Å². The van der Waals surface area contributed by atoms with E-state index < -0.39 is 5.91 Å². The molecule has 1 rings (SSSR count). The van der Waals surface area contributed by atoms with Gasteiger partial charge in [0.15, 0.2) is 0 Å². The van der Waals surface area contributed by atoms with Crippen LogP contribution in [-0.2, 0) is 4.79 Å². The first-order valence-electron chi connectivity index (χ1n) is 7.03. The van der Waals surface area contributed by atoms with Crippen molar-refractivity contribution >= 4 is 11.6 Å². The molecule has 0 bridgehead atoms. The summed E-state index contributed by atoms with van der Waals surface area (Å²) in [6.07, 6.45) is 4.68. The summed E-state index contributed by atoms with van der Waals surface area (Å²) < 4.78 is 0. The lowest BCUT2D eigenvalue weighted by atomic mass is 10.2. The maximum atomic E-state index is 12.0. The van der Waals surface area contributed by atoms with E-state index in [-0.39, 0.29) is 11.3 Å². The predicted molar refractivity (Wildman–Crippen MR) is 82.7 cm³/mol. The fourth-order valence-corrected chi connectivity index (χ4v) is 1.78. The molecule has 0 aromatic heterocycles. The lowest BCUT2D eigenvalue weighted by molar-refractivity contribution is -0.112. The third kappa shape index (κ3) is 5.57. The molecule has 5 heteroatoms. The molecule has 112 valence electrons. The van der Waals surface area contributed by atoms with E-state index in [4.69, 9.17) is 5.26 Å². The Hall–Kier alpha value is -2.48. The largest absolute Gasteiger partial charge is 0.508 e. The molecule has 3 N–H and O–H groups in total. The summed E-state index contributed by atoms with van der Waals surface area (Å²) in [5, 5.41) is 24.0. The minimum atomic E-state index is -0.464. The van der Waals surface area contributed by atoms with Crippen LogP contribution in [0, 0.1) is 18.3 Å².